The number of hydrogen-bond donors (Lipinski definition) is 1. The lowest BCUT2D eigenvalue weighted by atomic mass is 10.2. The molecular weight excluding hydrogens is 246 g/mol. The molecule has 1 N–H and O–H groups in total. The van der Waals surface area contributed by atoms with Gasteiger partial charge in [-0.25, -0.2) is 9.97 Å². The molecule has 2 rings (SSSR count). The SMILES string of the molecule is CC(Cc1cccs1)N(C)c1ncc(CO)cn1. The molecule has 5 heteroatoms. The molecule has 1 atom stereocenters. The summed E-state index contributed by atoms with van der Waals surface area (Å²) in [6.45, 7) is 2.14. The largest absolute Gasteiger partial charge is 0.392 e. The number of nitrogens with zero attached hydrogens (tertiary/aromatic N) is 3. The highest BCUT2D eigenvalue weighted by Gasteiger charge is 2.13. The van der Waals surface area contributed by atoms with E-state index >= 15 is 0 Å². The fraction of sp³-hybridized carbons (Fsp3) is 0.385. The molecule has 0 aliphatic carbocycles. The minimum Gasteiger partial charge on any atom is -0.392 e. The van der Waals surface area contributed by atoms with Gasteiger partial charge in [0, 0.05) is 42.3 Å². The van der Waals surface area contributed by atoms with Crippen molar-refractivity contribution in [2.45, 2.75) is 26.0 Å². The normalized spacial score (nSPS) is 12.4. The van der Waals surface area contributed by atoms with Gasteiger partial charge in [-0.1, -0.05) is 6.07 Å². The summed E-state index contributed by atoms with van der Waals surface area (Å²) in [6, 6.07) is 4.55. The van der Waals surface area contributed by atoms with Crippen LogP contribution in [0.25, 0.3) is 0 Å². The van der Waals surface area contributed by atoms with Gasteiger partial charge in [0.1, 0.15) is 0 Å². The second-order valence-electron chi connectivity index (χ2n) is 4.29. The summed E-state index contributed by atoms with van der Waals surface area (Å²) in [7, 11) is 1.99. The first-order valence-electron chi connectivity index (χ1n) is 5.87. The molecule has 2 aromatic rings. The van der Waals surface area contributed by atoms with Crippen LogP contribution in [0.5, 0.6) is 0 Å². The van der Waals surface area contributed by atoms with Crippen molar-refractivity contribution in [3.8, 4) is 0 Å². The molecule has 2 aromatic heterocycles. The zero-order chi connectivity index (χ0) is 13.0. The highest BCUT2D eigenvalue weighted by Crippen LogP contribution is 2.16. The van der Waals surface area contributed by atoms with Gasteiger partial charge in [-0.05, 0) is 18.4 Å². The van der Waals surface area contributed by atoms with Crippen molar-refractivity contribution >= 4 is 17.3 Å². The van der Waals surface area contributed by atoms with Gasteiger partial charge in [0.15, 0.2) is 0 Å². The molecule has 0 radical (unpaired) electrons. The lowest BCUT2D eigenvalue weighted by molar-refractivity contribution is 0.281. The van der Waals surface area contributed by atoms with Crippen LogP contribution < -0.4 is 4.90 Å². The topological polar surface area (TPSA) is 49.2 Å². The van der Waals surface area contributed by atoms with E-state index in [1.165, 1.54) is 4.88 Å². The molecule has 4 nitrogen and oxygen atoms in total. The third kappa shape index (κ3) is 3.05. The Labute approximate surface area is 111 Å². The van der Waals surface area contributed by atoms with Crippen molar-refractivity contribution < 1.29 is 5.11 Å². The van der Waals surface area contributed by atoms with E-state index in [1.807, 2.05) is 7.05 Å². The van der Waals surface area contributed by atoms with Crippen LogP contribution in [-0.2, 0) is 13.0 Å². The van der Waals surface area contributed by atoms with Crippen LogP contribution in [0.1, 0.15) is 17.4 Å². The maximum absolute atomic E-state index is 8.96. The van der Waals surface area contributed by atoms with Gasteiger partial charge >= 0.3 is 0 Å². The highest BCUT2D eigenvalue weighted by atomic mass is 32.1. The van der Waals surface area contributed by atoms with E-state index in [4.69, 9.17) is 5.11 Å². The Bertz CT molecular complexity index is 469. The van der Waals surface area contributed by atoms with Gasteiger partial charge in [-0.2, -0.15) is 0 Å². The average Bonchev–Trinajstić information content (AvgIpc) is 2.91. The summed E-state index contributed by atoms with van der Waals surface area (Å²) in [6.07, 6.45) is 4.31. The van der Waals surface area contributed by atoms with Crippen LogP contribution in [0.3, 0.4) is 0 Å². The van der Waals surface area contributed by atoms with Crippen molar-refractivity contribution in [1.82, 2.24) is 9.97 Å². The van der Waals surface area contributed by atoms with Gasteiger partial charge in [0.05, 0.1) is 6.61 Å². The van der Waals surface area contributed by atoms with E-state index in [0.717, 1.165) is 12.0 Å². The number of rotatable bonds is 5. The molecule has 0 bridgehead atoms. The number of aliphatic hydroxyl groups excluding tert-OH is 1. The molecular formula is C13H17N3OS. The number of likely N-dealkylation sites (N-methyl/N-ethyl adjacent to an activating group) is 1. The van der Waals surface area contributed by atoms with Gasteiger partial charge in [0.2, 0.25) is 5.95 Å². The minimum atomic E-state index is -0.0191. The van der Waals surface area contributed by atoms with Crippen LogP contribution in [0, 0.1) is 0 Å². The van der Waals surface area contributed by atoms with Gasteiger partial charge < -0.3 is 10.0 Å². The first-order valence-corrected chi connectivity index (χ1v) is 6.75. The Kier molecular flexibility index (Phi) is 4.28. The number of aromatic nitrogens is 2. The molecule has 0 saturated carbocycles. The van der Waals surface area contributed by atoms with Crippen LogP contribution in [-0.4, -0.2) is 28.2 Å². The summed E-state index contributed by atoms with van der Waals surface area (Å²) in [5.41, 5.74) is 0.734. The first-order chi connectivity index (χ1) is 8.70. The van der Waals surface area contributed by atoms with E-state index in [-0.39, 0.29) is 6.61 Å². The van der Waals surface area contributed by atoms with E-state index in [1.54, 1.807) is 23.7 Å². The molecule has 0 fully saturated rings. The van der Waals surface area contributed by atoms with Crippen molar-refractivity contribution in [1.29, 1.82) is 0 Å². The summed E-state index contributed by atoms with van der Waals surface area (Å²) in [5, 5.41) is 11.0. The fourth-order valence-electron chi connectivity index (χ4n) is 1.67. The Morgan fingerprint density at radius 1 is 1.39 bits per heavy atom. The maximum Gasteiger partial charge on any atom is 0.225 e. The van der Waals surface area contributed by atoms with Crippen molar-refractivity contribution in [3.05, 3.63) is 40.3 Å². The standard InChI is InChI=1S/C13H17N3OS/c1-10(6-12-4-3-5-18-12)16(2)13-14-7-11(9-17)8-15-13/h3-5,7-8,10,17H,6,9H2,1-2H3. The summed E-state index contributed by atoms with van der Waals surface area (Å²) in [4.78, 5) is 11.9. The van der Waals surface area contributed by atoms with E-state index in [9.17, 15) is 0 Å². The van der Waals surface area contributed by atoms with Crippen LogP contribution >= 0.6 is 11.3 Å². The van der Waals surface area contributed by atoms with E-state index in [0.29, 0.717) is 12.0 Å². The molecule has 0 amide bonds. The van der Waals surface area contributed by atoms with Gasteiger partial charge in [-0.3, -0.25) is 0 Å². The Morgan fingerprint density at radius 3 is 2.67 bits per heavy atom. The van der Waals surface area contributed by atoms with Crippen LogP contribution in [0.2, 0.25) is 0 Å². The summed E-state index contributed by atoms with van der Waals surface area (Å²) in [5.74, 6) is 0.691. The van der Waals surface area contributed by atoms with Crippen molar-refractivity contribution in [2.75, 3.05) is 11.9 Å². The molecule has 0 aromatic carbocycles. The van der Waals surface area contributed by atoms with E-state index in [2.05, 4.69) is 39.3 Å². The lowest BCUT2D eigenvalue weighted by Crippen LogP contribution is -2.31. The number of hydrogen-bond acceptors (Lipinski definition) is 5. The third-order valence-corrected chi connectivity index (χ3v) is 3.83. The maximum atomic E-state index is 8.96. The monoisotopic (exact) mass is 263 g/mol. The second-order valence-corrected chi connectivity index (χ2v) is 5.33. The minimum absolute atomic E-state index is 0.0191. The molecule has 2 heterocycles. The van der Waals surface area contributed by atoms with Gasteiger partial charge in [-0.15, -0.1) is 11.3 Å². The average molecular weight is 263 g/mol. The lowest BCUT2D eigenvalue weighted by Gasteiger charge is -2.24. The molecule has 96 valence electrons. The highest BCUT2D eigenvalue weighted by molar-refractivity contribution is 7.09. The first kappa shape index (κ1) is 13.0. The summed E-state index contributed by atoms with van der Waals surface area (Å²) < 4.78 is 0. The number of thiophene rings is 1. The zero-order valence-corrected chi connectivity index (χ0v) is 11.4. The molecule has 0 aliphatic heterocycles. The zero-order valence-electron chi connectivity index (χ0n) is 10.6. The predicted molar refractivity (Wildman–Crippen MR) is 73.8 cm³/mol. The molecule has 0 spiro atoms. The quantitative estimate of drug-likeness (QED) is 0.897. The Morgan fingerprint density at radius 2 is 2.11 bits per heavy atom. The van der Waals surface area contributed by atoms with Crippen LogP contribution in [0.4, 0.5) is 5.95 Å². The van der Waals surface area contributed by atoms with Crippen molar-refractivity contribution in [3.63, 3.8) is 0 Å². The Hall–Kier alpha value is -1.46. The Balaban J connectivity index is 2.02. The summed E-state index contributed by atoms with van der Waals surface area (Å²) >= 11 is 1.77. The molecule has 18 heavy (non-hydrogen) atoms. The molecule has 1 unspecified atom stereocenters. The molecule has 0 aliphatic rings. The third-order valence-electron chi connectivity index (χ3n) is 2.93. The number of aliphatic hydroxyl groups is 1. The van der Waals surface area contributed by atoms with Crippen molar-refractivity contribution in [2.24, 2.45) is 0 Å². The smallest absolute Gasteiger partial charge is 0.225 e. The van der Waals surface area contributed by atoms with E-state index < -0.39 is 0 Å². The van der Waals surface area contributed by atoms with Crippen LogP contribution in [0.15, 0.2) is 29.9 Å². The molecule has 0 saturated heterocycles. The predicted octanol–water partition coefficient (Wildman–Crippen LogP) is 2.10. The fourth-order valence-corrected chi connectivity index (χ4v) is 2.49. The van der Waals surface area contributed by atoms with Gasteiger partial charge in [0.25, 0.3) is 0 Å². The second kappa shape index (κ2) is 5.93. The number of anilines is 1.